The minimum absolute atomic E-state index is 0.238. The van der Waals surface area contributed by atoms with Gasteiger partial charge >= 0.3 is 0 Å². The van der Waals surface area contributed by atoms with Gasteiger partial charge in [0.25, 0.3) is 0 Å². The predicted octanol–water partition coefficient (Wildman–Crippen LogP) is 3.55. The van der Waals surface area contributed by atoms with Gasteiger partial charge in [-0.15, -0.1) is 0 Å². The lowest BCUT2D eigenvalue weighted by Crippen LogP contribution is -1.98. The fourth-order valence-electron chi connectivity index (χ4n) is 1.71. The highest BCUT2D eigenvalue weighted by atomic mass is 19.1. The van der Waals surface area contributed by atoms with Crippen LogP contribution in [-0.2, 0) is 18.0 Å². The van der Waals surface area contributed by atoms with E-state index in [0.29, 0.717) is 12.2 Å². The molecule has 2 rings (SSSR count). The van der Waals surface area contributed by atoms with E-state index >= 15 is 0 Å². The zero-order valence-corrected chi connectivity index (χ0v) is 10.2. The molecule has 0 aliphatic carbocycles. The van der Waals surface area contributed by atoms with Crippen LogP contribution in [0.3, 0.4) is 0 Å². The van der Waals surface area contributed by atoms with Crippen LogP contribution in [0.15, 0.2) is 48.5 Å². The smallest absolute Gasteiger partial charge is 0.128 e. The van der Waals surface area contributed by atoms with Crippen LogP contribution in [0.2, 0.25) is 0 Å². The van der Waals surface area contributed by atoms with Gasteiger partial charge in [-0.2, -0.15) is 0 Å². The van der Waals surface area contributed by atoms with Crippen LogP contribution in [0.5, 0.6) is 5.75 Å². The van der Waals surface area contributed by atoms with Crippen LogP contribution in [-0.4, -0.2) is 7.11 Å². The van der Waals surface area contributed by atoms with Gasteiger partial charge in [0.2, 0.25) is 0 Å². The second-order valence-corrected chi connectivity index (χ2v) is 3.90. The minimum Gasteiger partial charge on any atom is -0.496 e. The maximum absolute atomic E-state index is 13.4. The number of halogens is 1. The summed E-state index contributed by atoms with van der Waals surface area (Å²) in [7, 11) is 1.62. The average Bonchev–Trinajstić information content (AvgIpc) is 2.41. The molecule has 0 aromatic heterocycles. The SMILES string of the molecule is COc1ccccc1COCc1ccccc1F. The maximum Gasteiger partial charge on any atom is 0.128 e. The number of rotatable bonds is 5. The van der Waals surface area contributed by atoms with E-state index in [-0.39, 0.29) is 12.4 Å². The van der Waals surface area contributed by atoms with E-state index in [1.165, 1.54) is 6.07 Å². The molecule has 0 aliphatic rings. The predicted molar refractivity (Wildman–Crippen MR) is 67.9 cm³/mol. The molecule has 2 nitrogen and oxygen atoms in total. The van der Waals surface area contributed by atoms with Gasteiger partial charge in [-0.3, -0.25) is 0 Å². The molecule has 94 valence electrons. The summed E-state index contributed by atoms with van der Waals surface area (Å²) in [4.78, 5) is 0. The van der Waals surface area contributed by atoms with Crippen LogP contribution in [0, 0.1) is 5.82 Å². The van der Waals surface area contributed by atoms with Gasteiger partial charge in [0.1, 0.15) is 11.6 Å². The molecule has 0 unspecified atom stereocenters. The number of ether oxygens (including phenoxy) is 2. The van der Waals surface area contributed by atoms with Crippen LogP contribution in [0.1, 0.15) is 11.1 Å². The van der Waals surface area contributed by atoms with Gasteiger partial charge in [0.15, 0.2) is 0 Å². The number of benzene rings is 2. The Labute approximate surface area is 106 Å². The molecule has 0 radical (unpaired) electrons. The van der Waals surface area contributed by atoms with Crippen molar-refractivity contribution in [3.63, 3.8) is 0 Å². The minimum atomic E-state index is -0.238. The molecule has 2 aromatic rings. The van der Waals surface area contributed by atoms with Crippen molar-refractivity contribution in [3.05, 3.63) is 65.5 Å². The third-order valence-electron chi connectivity index (χ3n) is 2.67. The first-order valence-electron chi connectivity index (χ1n) is 5.74. The lowest BCUT2D eigenvalue weighted by atomic mass is 10.2. The van der Waals surface area contributed by atoms with Crippen molar-refractivity contribution in [3.8, 4) is 5.75 Å². The Morgan fingerprint density at radius 3 is 2.22 bits per heavy atom. The molecular weight excluding hydrogens is 231 g/mol. The molecule has 2 aromatic carbocycles. The Kier molecular flexibility index (Phi) is 4.31. The Balaban J connectivity index is 1.95. The van der Waals surface area contributed by atoms with Gasteiger partial charge in [-0.25, -0.2) is 4.39 Å². The number of para-hydroxylation sites is 1. The molecule has 0 spiro atoms. The summed E-state index contributed by atoms with van der Waals surface area (Å²) in [6.45, 7) is 0.656. The molecule has 18 heavy (non-hydrogen) atoms. The zero-order chi connectivity index (χ0) is 12.8. The number of hydrogen-bond acceptors (Lipinski definition) is 2. The number of hydrogen-bond donors (Lipinski definition) is 0. The van der Waals surface area contributed by atoms with E-state index in [1.807, 2.05) is 24.3 Å². The van der Waals surface area contributed by atoms with Crippen molar-refractivity contribution in [1.82, 2.24) is 0 Å². The molecule has 3 heteroatoms. The molecule has 0 aliphatic heterocycles. The fraction of sp³-hybridized carbons (Fsp3) is 0.200. The highest BCUT2D eigenvalue weighted by molar-refractivity contribution is 5.32. The normalized spacial score (nSPS) is 10.3. The summed E-state index contributed by atoms with van der Waals surface area (Å²) < 4.78 is 24.1. The third-order valence-corrected chi connectivity index (χ3v) is 2.67. The van der Waals surface area contributed by atoms with Gasteiger partial charge in [0, 0.05) is 11.1 Å². The second kappa shape index (κ2) is 6.17. The fourth-order valence-corrected chi connectivity index (χ4v) is 1.71. The second-order valence-electron chi connectivity index (χ2n) is 3.90. The lowest BCUT2D eigenvalue weighted by Gasteiger charge is -2.09. The Bertz CT molecular complexity index is 511. The van der Waals surface area contributed by atoms with Crippen molar-refractivity contribution in [1.29, 1.82) is 0 Å². The highest BCUT2D eigenvalue weighted by Crippen LogP contribution is 2.19. The standard InChI is InChI=1S/C15H15FO2/c1-17-15-9-5-3-7-13(15)11-18-10-12-6-2-4-8-14(12)16/h2-9H,10-11H2,1H3. The van der Waals surface area contributed by atoms with E-state index in [0.717, 1.165) is 11.3 Å². The van der Waals surface area contributed by atoms with Crippen molar-refractivity contribution < 1.29 is 13.9 Å². The summed E-state index contributed by atoms with van der Waals surface area (Å²) in [5.41, 5.74) is 1.52. The molecule has 0 saturated carbocycles. The molecular formula is C15H15FO2. The van der Waals surface area contributed by atoms with Crippen molar-refractivity contribution in [2.45, 2.75) is 13.2 Å². The monoisotopic (exact) mass is 246 g/mol. The Morgan fingerprint density at radius 1 is 0.889 bits per heavy atom. The first-order valence-corrected chi connectivity index (χ1v) is 5.74. The van der Waals surface area contributed by atoms with E-state index in [9.17, 15) is 4.39 Å². The largest absolute Gasteiger partial charge is 0.496 e. The lowest BCUT2D eigenvalue weighted by molar-refractivity contribution is 0.103. The molecule has 0 bridgehead atoms. The average molecular weight is 246 g/mol. The van der Waals surface area contributed by atoms with E-state index < -0.39 is 0 Å². The van der Waals surface area contributed by atoms with Gasteiger partial charge < -0.3 is 9.47 Å². The van der Waals surface area contributed by atoms with E-state index in [4.69, 9.17) is 9.47 Å². The highest BCUT2D eigenvalue weighted by Gasteiger charge is 2.03. The van der Waals surface area contributed by atoms with Gasteiger partial charge in [0.05, 0.1) is 20.3 Å². The number of methoxy groups -OCH3 is 1. The molecule has 0 fully saturated rings. The van der Waals surface area contributed by atoms with E-state index in [2.05, 4.69) is 0 Å². The summed E-state index contributed by atoms with van der Waals surface area (Å²) in [6.07, 6.45) is 0. The summed E-state index contributed by atoms with van der Waals surface area (Å²) in [5.74, 6) is 0.545. The molecule has 0 atom stereocenters. The Hall–Kier alpha value is -1.87. The van der Waals surface area contributed by atoms with Crippen molar-refractivity contribution in [2.75, 3.05) is 7.11 Å². The first kappa shape index (κ1) is 12.6. The molecule has 0 saturated heterocycles. The summed E-state index contributed by atoms with van der Waals surface area (Å²) in [5, 5.41) is 0. The first-order chi connectivity index (χ1) is 8.81. The van der Waals surface area contributed by atoms with Crippen LogP contribution in [0.4, 0.5) is 4.39 Å². The Morgan fingerprint density at radius 2 is 1.50 bits per heavy atom. The van der Waals surface area contributed by atoms with E-state index in [1.54, 1.807) is 25.3 Å². The van der Waals surface area contributed by atoms with Gasteiger partial charge in [-0.05, 0) is 12.1 Å². The topological polar surface area (TPSA) is 18.5 Å². The van der Waals surface area contributed by atoms with Crippen molar-refractivity contribution in [2.24, 2.45) is 0 Å². The van der Waals surface area contributed by atoms with Gasteiger partial charge in [-0.1, -0.05) is 36.4 Å². The maximum atomic E-state index is 13.4. The van der Waals surface area contributed by atoms with Crippen LogP contribution in [0.25, 0.3) is 0 Å². The third kappa shape index (κ3) is 3.08. The summed E-state index contributed by atoms with van der Waals surface area (Å²) >= 11 is 0. The quantitative estimate of drug-likeness (QED) is 0.803. The molecule has 0 amide bonds. The van der Waals surface area contributed by atoms with Crippen molar-refractivity contribution >= 4 is 0 Å². The zero-order valence-electron chi connectivity index (χ0n) is 10.2. The van der Waals surface area contributed by atoms with Crippen LogP contribution >= 0.6 is 0 Å². The van der Waals surface area contributed by atoms with Crippen LogP contribution < -0.4 is 4.74 Å². The summed E-state index contributed by atoms with van der Waals surface area (Å²) in [6, 6.07) is 14.2. The molecule has 0 N–H and O–H groups in total. The molecule has 0 heterocycles.